The number of sulfonamides is 1. The lowest BCUT2D eigenvalue weighted by Crippen LogP contribution is -2.19. The van der Waals surface area contributed by atoms with E-state index in [0.717, 1.165) is 104 Å². The van der Waals surface area contributed by atoms with Gasteiger partial charge in [0.1, 0.15) is 19.8 Å². The maximum absolute atomic E-state index is 11.8. The number of nitrogens with one attached hydrogen (secondary N) is 3. The molecule has 6 aliphatic carbocycles. The topological polar surface area (TPSA) is 256 Å². The number of anilines is 3. The molecule has 7 N–H and O–H groups in total. The van der Waals surface area contributed by atoms with Gasteiger partial charge in [0.25, 0.3) is 10.1 Å². The standard InChI is InChI=1S/C12H16N2O3S2.C12H15NO4S2.C12H15NOS.ClHO3S/c13-19(16,17)10-8-3-1-2-4-9(8)18-12(10)14-11(15)7-5-6-7;14-11(7-5-6-7)13-12-10(19(15,16)17)8-3-1-2-4-9(8)18-12;14-12(8-5-6-8)13-11-7-9-3-1-2-4-10(9)15-11;1-5(2,3)4/h7H,1-6H2,(H,14,15)(H2,13,16,17);7H,1-6H2,(H,13,14)(H,15,16,17);7-8H,1-6H2,(H,13,14);(H,2,3,4). The van der Waals surface area contributed by atoms with Crippen molar-refractivity contribution in [1.82, 2.24) is 0 Å². The van der Waals surface area contributed by atoms with Crippen LogP contribution in [-0.4, -0.2) is 52.1 Å². The smallest absolute Gasteiger partial charge is 0.317 e. The van der Waals surface area contributed by atoms with Gasteiger partial charge in [-0.1, -0.05) is 0 Å². The lowest BCUT2D eigenvalue weighted by molar-refractivity contribution is -0.118. The quantitative estimate of drug-likeness (QED) is 0.101. The molecule has 0 saturated heterocycles. The minimum atomic E-state index is -4.29. The number of amides is 3. The minimum absolute atomic E-state index is 0.00775. The molecule has 15 nitrogen and oxygen atoms in total. The van der Waals surface area contributed by atoms with Crippen molar-refractivity contribution in [3.63, 3.8) is 0 Å². The van der Waals surface area contributed by atoms with E-state index in [1.165, 1.54) is 58.8 Å². The van der Waals surface area contributed by atoms with E-state index in [4.69, 9.17) is 18.1 Å². The Morgan fingerprint density at radius 2 is 0.966 bits per heavy atom. The van der Waals surface area contributed by atoms with Gasteiger partial charge in [-0.3, -0.25) is 23.5 Å². The second-order valence-electron chi connectivity index (χ2n) is 15.2. The predicted octanol–water partition coefficient (Wildman–Crippen LogP) is 6.85. The van der Waals surface area contributed by atoms with Crippen LogP contribution in [0.15, 0.2) is 15.9 Å². The van der Waals surface area contributed by atoms with E-state index in [9.17, 15) is 35.8 Å². The molecule has 0 spiro atoms. The highest BCUT2D eigenvalue weighted by molar-refractivity contribution is 8.09. The van der Waals surface area contributed by atoms with Crippen molar-refractivity contribution in [1.29, 1.82) is 0 Å². The monoisotopic (exact) mass is 938 g/mol. The molecule has 3 fully saturated rings. The number of thiophene rings is 3. The summed E-state index contributed by atoms with van der Waals surface area (Å²) in [6.07, 6.45) is 17.7. The maximum atomic E-state index is 11.8. The number of carbonyl (C=O) groups is 3. The number of primary sulfonamides is 1. The third-order valence-corrected chi connectivity index (χ3v) is 16.2. The van der Waals surface area contributed by atoms with E-state index in [2.05, 4.69) is 32.7 Å². The molecule has 3 amide bonds. The molecule has 9 rings (SSSR count). The molecular weight excluding hydrogens is 892 g/mol. The van der Waals surface area contributed by atoms with E-state index < -0.39 is 29.5 Å². The number of hydrogen-bond donors (Lipinski definition) is 6. The van der Waals surface area contributed by atoms with Gasteiger partial charge in [0.15, 0.2) is 0 Å². The highest BCUT2D eigenvalue weighted by Crippen LogP contribution is 2.43. The van der Waals surface area contributed by atoms with Crippen LogP contribution in [0.2, 0.25) is 0 Å². The van der Waals surface area contributed by atoms with Crippen LogP contribution in [-0.2, 0) is 82.4 Å². The summed E-state index contributed by atoms with van der Waals surface area (Å²) < 4.78 is 81.3. The molecular formula is C36H47ClN4O11S6. The van der Waals surface area contributed by atoms with Crippen molar-refractivity contribution in [3.05, 3.63) is 37.4 Å². The van der Waals surface area contributed by atoms with Crippen LogP contribution < -0.4 is 21.1 Å². The first-order chi connectivity index (χ1) is 27.3. The Labute approximate surface area is 355 Å². The second kappa shape index (κ2) is 18.7. The first kappa shape index (κ1) is 45.1. The maximum Gasteiger partial charge on any atom is 0.353 e. The van der Waals surface area contributed by atoms with E-state index in [0.29, 0.717) is 27.9 Å². The largest absolute Gasteiger partial charge is 0.353 e. The second-order valence-corrected chi connectivity index (χ2v) is 23.4. The van der Waals surface area contributed by atoms with Crippen molar-refractivity contribution in [2.45, 2.75) is 125 Å². The number of halogens is 1. The van der Waals surface area contributed by atoms with Gasteiger partial charge in [0.05, 0.1) is 5.00 Å². The Morgan fingerprint density at radius 3 is 1.38 bits per heavy atom. The lowest BCUT2D eigenvalue weighted by Gasteiger charge is -2.11. The molecule has 22 heteroatoms. The molecule has 3 saturated carbocycles. The molecule has 0 aromatic carbocycles. The molecule has 3 aromatic rings. The third-order valence-electron chi connectivity index (χ3n) is 10.3. The molecule has 0 radical (unpaired) electrons. The Kier molecular flexibility index (Phi) is 14.5. The Hall–Kier alpha value is -2.47. The van der Waals surface area contributed by atoms with E-state index in [1.807, 2.05) is 0 Å². The van der Waals surface area contributed by atoms with E-state index >= 15 is 0 Å². The van der Waals surface area contributed by atoms with Crippen molar-refractivity contribution < 1.29 is 48.7 Å². The van der Waals surface area contributed by atoms with Crippen LogP contribution in [0.4, 0.5) is 15.0 Å². The number of aryl methyl sites for hydroxylation is 4. The summed E-state index contributed by atoms with van der Waals surface area (Å²) in [5, 5.41) is 15.6. The summed E-state index contributed by atoms with van der Waals surface area (Å²) in [6.45, 7) is 0. The highest BCUT2D eigenvalue weighted by Gasteiger charge is 2.35. The van der Waals surface area contributed by atoms with Crippen LogP contribution in [0.1, 0.15) is 108 Å². The molecule has 58 heavy (non-hydrogen) atoms. The minimum Gasteiger partial charge on any atom is -0.317 e. The van der Waals surface area contributed by atoms with E-state index in [1.54, 1.807) is 11.3 Å². The molecule has 6 aliphatic rings. The molecule has 3 heterocycles. The van der Waals surface area contributed by atoms with Gasteiger partial charge in [-0.05, 0) is 138 Å². The Morgan fingerprint density at radius 1 is 0.586 bits per heavy atom. The summed E-state index contributed by atoms with van der Waals surface area (Å²) in [7, 11) is -8.21. The Balaban J connectivity index is 0.000000139. The molecule has 0 atom stereocenters. The van der Waals surface area contributed by atoms with Gasteiger partial charge in [-0.2, -0.15) is 16.8 Å². The number of nitrogens with two attached hydrogens (primary N) is 1. The van der Waals surface area contributed by atoms with Gasteiger partial charge in [0.2, 0.25) is 27.7 Å². The Bertz CT molecular complexity index is 2230. The van der Waals surface area contributed by atoms with Crippen LogP contribution in [0.5, 0.6) is 0 Å². The van der Waals surface area contributed by atoms with Gasteiger partial charge >= 0.3 is 9.33 Å². The molecule has 0 bridgehead atoms. The van der Waals surface area contributed by atoms with Crippen molar-refractivity contribution in [3.8, 4) is 0 Å². The summed E-state index contributed by atoms with van der Waals surface area (Å²) in [5.41, 5.74) is 2.99. The van der Waals surface area contributed by atoms with Crippen LogP contribution >= 0.6 is 44.7 Å². The van der Waals surface area contributed by atoms with Crippen LogP contribution in [0.3, 0.4) is 0 Å². The van der Waals surface area contributed by atoms with E-state index in [-0.39, 0.29) is 39.3 Å². The molecule has 3 aromatic heterocycles. The summed E-state index contributed by atoms with van der Waals surface area (Å²) >= 11 is 4.44. The first-order valence-electron chi connectivity index (χ1n) is 19.3. The average Bonchev–Trinajstić information content (AvgIpc) is 4.02. The molecule has 0 unspecified atom stereocenters. The fraction of sp³-hybridized carbons (Fsp3) is 0.583. The van der Waals surface area contributed by atoms with Gasteiger partial charge < -0.3 is 16.0 Å². The zero-order valence-corrected chi connectivity index (χ0v) is 37.2. The highest BCUT2D eigenvalue weighted by atomic mass is 35.7. The van der Waals surface area contributed by atoms with Gasteiger partial charge in [-0.25, -0.2) is 13.6 Å². The number of fused-ring (bicyclic) bond motifs is 3. The SMILES string of the molecule is NS(=O)(=O)c1c(NC(=O)C2CC2)sc2c1CCCC2.O=C(Nc1cc2c(s1)CCCC2)C1CC1.O=C(Nc1sc2c(c1S(=O)(=O)O)CCCC2)C1CC1.O=S(=O)(O)Cl. The summed E-state index contributed by atoms with van der Waals surface area (Å²) in [4.78, 5) is 38.8. The zero-order chi connectivity index (χ0) is 42.0. The number of hydrogen-bond acceptors (Lipinski definition) is 12. The van der Waals surface area contributed by atoms with Crippen molar-refractivity contribution in [2.24, 2.45) is 22.9 Å². The molecule has 0 aliphatic heterocycles. The molecule has 320 valence electrons. The number of carbonyl (C=O) groups excluding carboxylic acids is 3. The predicted molar refractivity (Wildman–Crippen MR) is 226 cm³/mol. The van der Waals surface area contributed by atoms with Crippen LogP contribution in [0, 0.1) is 17.8 Å². The fourth-order valence-electron chi connectivity index (χ4n) is 7.05. The zero-order valence-electron chi connectivity index (χ0n) is 31.5. The van der Waals surface area contributed by atoms with Crippen molar-refractivity contribution >= 4 is 107 Å². The lowest BCUT2D eigenvalue weighted by atomic mass is 9.99. The average molecular weight is 940 g/mol. The fourth-order valence-corrected chi connectivity index (χ4v) is 13.3. The third kappa shape index (κ3) is 12.8. The van der Waals surface area contributed by atoms with Gasteiger partial charge in [0, 0.05) is 43.1 Å². The van der Waals surface area contributed by atoms with Crippen LogP contribution in [0.25, 0.3) is 0 Å². The van der Waals surface area contributed by atoms with Crippen molar-refractivity contribution in [2.75, 3.05) is 16.0 Å². The summed E-state index contributed by atoms with van der Waals surface area (Å²) in [6, 6.07) is 2.18. The number of rotatable bonds is 8. The first-order valence-corrected chi connectivity index (χ1v) is 27.0. The normalized spacial score (nSPS) is 18.6. The summed E-state index contributed by atoms with van der Waals surface area (Å²) in [5.74, 6) is 0.380. The van der Waals surface area contributed by atoms with Gasteiger partial charge in [-0.15, -0.1) is 34.0 Å².